The largest absolute Gasteiger partial charge is 0.493 e. The van der Waals surface area contributed by atoms with Gasteiger partial charge in [0, 0.05) is 33.7 Å². The van der Waals surface area contributed by atoms with Crippen molar-refractivity contribution in [1.29, 1.82) is 0 Å². The minimum Gasteiger partial charge on any atom is -0.493 e. The van der Waals surface area contributed by atoms with Crippen LogP contribution < -0.4 is 10.1 Å². The fourth-order valence-electron chi connectivity index (χ4n) is 8.60. The predicted octanol–water partition coefficient (Wildman–Crippen LogP) is 8.71. The van der Waals surface area contributed by atoms with Crippen LogP contribution in [0.1, 0.15) is 110 Å². The highest BCUT2D eigenvalue weighted by atomic mass is 35.5. The van der Waals surface area contributed by atoms with Crippen molar-refractivity contribution in [2.75, 3.05) is 11.9 Å². The highest BCUT2D eigenvalue weighted by molar-refractivity contribution is 6.30. The SMILES string of the molecule is CC(=O)c1cc(C)c2c(c1)C1(CCC(Nc3cccc(Cl)c3)(C(=O)O)CC1)[C@H](C[C@@H](C)COc1ccnc3c1[C@H](C)CCC3)C2. The fourth-order valence-corrected chi connectivity index (χ4v) is 8.79. The Hall–Kier alpha value is -3.38. The second-order valence-electron chi connectivity index (χ2n) is 14.1. The van der Waals surface area contributed by atoms with Crippen LogP contribution in [0.5, 0.6) is 5.75 Å². The zero-order chi connectivity index (χ0) is 31.9. The molecule has 3 aliphatic rings. The van der Waals surface area contributed by atoms with Gasteiger partial charge in [-0.25, -0.2) is 4.79 Å². The smallest absolute Gasteiger partial charge is 0.329 e. The molecule has 2 aromatic carbocycles. The molecule has 0 radical (unpaired) electrons. The first-order valence-corrected chi connectivity index (χ1v) is 16.9. The lowest BCUT2D eigenvalue weighted by Crippen LogP contribution is -2.53. The Balaban J connectivity index is 1.26. The van der Waals surface area contributed by atoms with Gasteiger partial charge in [0.1, 0.15) is 11.3 Å². The first kappa shape index (κ1) is 31.6. The van der Waals surface area contributed by atoms with Crippen LogP contribution in [-0.2, 0) is 23.1 Å². The van der Waals surface area contributed by atoms with Crippen molar-refractivity contribution >= 4 is 29.0 Å². The van der Waals surface area contributed by atoms with Gasteiger partial charge < -0.3 is 15.2 Å². The van der Waals surface area contributed by atoms with Gasteiger partial charge in [-0.2, -0.15) is 0 Å². The molecule has 0 aliphatic heterocycles. The molecule has 6 rings (SSSR count). The van der Waals surface area contributed by atoms with E-state index in [1.807, 2.05) is 30.5 Å². The monoisotopic (exact) mass is 628 g/mol. The molecule has 1 aromatic heterocycles. The summed E-state index contributed by atoms with van der Waals surface area (Å²) in [6, 6.07) is 13.5. The number of pyridine rings is 1. The second kappa shape index (κ2) is 12.4. The van der Waals surface area contributed by atoms with E-state index in [9.17, 15) is 14.7 Å². The predicted molar refractivity (Wildman–Crippen MR) is 179 cm³/mol. The molecule has 0 unspecified atom stereocenters. The molecule has 2 N–H and O–H groups in total. The number of carboxylic acids is 1. The topological polar surface area (TPSA) is 88.5 Å². The molecule has 0 amide bonds. The number of nitrogens with one attached hydrogen (secondary N) is 1. The number of fused-ring (bicyclic) bond motifs is 3. The van der Waals surface area contributed by atoms with Gasteiger partial charge in [-0.05, 0) is 148 Å². The van der Waals surface area contributed by atoms with Gasteiger partial charge in [0.25, 0.3) is 0 Å². The number of Topliss-reactive ketones (excluding diaryl/α,β-unsaturated/α-hetero) is 1. The molecule has 1 saturated carbocycles. The van der Waals surface area contributed by atoms with Crippen molar-refractivity contribution in [3.63, 3.8) is 0 Å². The van der Waals surface area contributed by atoms with Gasteiger partial charge in [0.15, 0.2) is 5.78 Å². The Kier molecular flexibility index (Phi) is 8.73. The summed E-state index contributed by atoms with van der Waals surface area (Å²) in [4.78, 5) is 30.1. The van der Waals surface area contributed by atoms with Crippen molar-refractivity contribution in [3.05, 3.63) is 87.2 Å². The average Bonchev–Trinajstić information content (AvgIpc) is 3.30. The molecule has 3 atom stereocenters. The Morgan fingerprint density at radius 2 is 1.93 bits per heavy atom. The van der Waals surface area contributed by atoms with E-state index >= 15 is 0 Å². The molecule has 7 heteroatoms. The van der Waals surface area contributed by atoms with E-state index in [4.69, 9.17) is 16.3 Å². The molecule has 3 aliphatic carbocycles. The Labute approximate surface area is 271 Å². The highest BCUT2D eigenvalue weighted by Gasteiger charge is 2.54. The molecule has 1 fully saturated rings. The summed E-state index contributed by atoms with van der Waals surface area (Å²) in [6.07, 6.45) is 9.57. The Morgan fingerprint density at radius 3 is 2.64 bits per heavy atom. The summed E-state index contributed by atoms with van der Waals surface area (Å²) >= 11 is 6.24. The van der Waals surface area contributed by atoms with Gasteiger partial charge >= 0.3 is 5.97 Å². The summed E-state index contributed by atoms with van der Waals surface area (Å²) in [7, 11) is 0. The summed E-state index contributed by atoms with van der Waals surface area (Å²) < 4.78 is 6.53. The zero-order valence-corrected chi connectivity index (χ0v) is 27.7. The minimum absolute atomic E-state index is 0.0643. The quantitative estimate of drug-likeness (QED) is 0.230. The van der Waals surface area contributed by atoms with Crippen LogP contribution in [0.2, 0.25) is 5.02 Å². The Bertz CT molecular complexity index is 1610. The lowest BCUT2D eigenvalue weighted by Gasteiger charge is -2.47. The molecule has 0 saturated heterocycles. The maximum Gasteiger partial charge on any atom is 0.329 e. The van der Waals surface area contributed by atoms with Crippen molar-refractivity contribution in [2.45, 2.75) is 102 Å². The van der Waals surface area contributed by atoms with Crippen LogP contribution in [0.25, 0.3) is 0 Å². The number of rotatable bonds is 9. The minimum atomic E-state index is -1.08. The number of ketones is 1. The first-order valence-electron chi connectivity index (χ1n) is 16.5. The van der Waals surface area contributed by atoms with E-state index in [0.717, 1.165) is 54.7 Å². The third kappa shape index (κ3) is 5.98. The standard InChI is InChI=1S/C38H45ClN2O4/c1-23(22-45-34-11-16-40-33-10-5-7-24(2)35(33)34)17-28-20-31-25(3)18-27(26(4)42)19-32(31)37(28)12-14-38(15-13-37,36(43)44)41-30-9-6-8-29(39)21-30/h6,8-9,11,16,18-19,21,23-24,28,41H,5,7,10,12-15,17,20,22H2,1-4H3,(H,43,44)/t23-,24-,28-,37?,38?/m1/s1. The van der Waals surface area contributed by atoms with E-state index in [-0.39, 0.29) is 11.2 Å². The van der Waals surface area contributed by atoms with Gasteiger partial charge in [-0.3, -0.25) is 9.78 Å². The number of aryl methyl sites for hydroxylation is 2. The molecule has 0 bridgehead atoms. The van der Waals surface area contributed by atoms with Gasteiger partial charge in [-0.1, -0.05) is 31.5 Å². The van der Waals surface area contributed by atoms with Crippen LogP contribution >= 0.6 is 11.6 Å². The van der Waals surface area contributed by atoms with Crippen molar-refractivity contribution in [3.8, 4) is 5.75 Å². The molecule has 45 heavy (non-hydrogen) atoms. The fraction of sp³-hybridized carbons (Fsp3) is 0.500. The molecule has 1 spiro atoms. The number of carboxylic acid groups (broad SMARTS) is 1. The summed E-state index contributed by atoms with van der Waals surface area (Å²) in [6.45, 7) is 8.91. The average molecular weight is 629 g/mol. The lowest BCUT2D eigenvalue weighted by atomic mass is 9.59. The number of nitrogens with zero attached hydrogens (tertiary/aromatic N) is 1. The van der Waals surface area contributed by atoms with Crippen LogP contribution in [-0.4, -0.2) is 34.0 Å². The number of hydrogen-bond acceptors (Lipinski definition) is 5. The normalized spacial score (nSPS) is 26.2. The highest BCUT2D eigenvalue weighted by Crippen LogP contribution is 2.57. The van der Waals surface area contributed by atoms with E-state index < -0.39 is 11.5 Å². The number of aromatic nitrogens is 1. The van der Waals surface area contributed by atoms with E-state index in [1.54, 1.807) is 19.1 Å². The van der Waals surface area contributed by atoms with Gasteiger partial charge in [0.05, 0.1) is 6.61 Å². The number of carbonyl (C=O) groups is 2. The molecule has 6 nitrogen and oxygen atoms in total. The molecule has 3 aromatic rings. The number of aliphatic carboxylic acids is 1. The first-order chi connectivity index (χ1) is 21.5. The number of carbonyl (C=O) groups excluding carboxylic acids is 1. The maximum absolute atomic E-state index is 12.9. The molecular weight excluding hydrogens is 584 g/mol. The van der Waals surface area contributed by atoms with Gasteiger partial charge in [-0.15, -0.1) is 0 Å². The molecule has 238 valence electrons. The number of benzene rings is 2. The molecule has 1 heterocycles. The summed E-state index contributed by atoms with van der Waals surface area (Å²) in [5.41, 5.74) is 6.39. The molecular formula is C38H45ClN2O4. The maximum atomic E-state index is 12.9. The number of anilines is 1. The number of ether oxygens (including phenoxy) is 1. The van der Waals surface area contributed by atoms with Gasteiger partial charge in [0.2, 0.25) is 0 Å². The van der Waals surface area contributed by atoms with Crippen LogP contribution in [0.4, 0.5) is 5.69 Å². The van der Waals surface area contributed by atoms with Crippen molar-refractivity contribution < 1.29 is 19.4 Å². The zero-order valence-electron chi connectivity index (χ0n) is 26.9. The van der Waals surface area contributed by atoms with Crippen molar-refractivity contribution in [1.82, 2.24) is 4.98 Å². The second-order valence-corrected chi connectivity index (χ2v) is 14.5. The third-order valence-corrected chi connectivity index (χ3v) is 11.3. The van der Waals surface area contributed by atoms with Crippen LogP contribution in [0.3, 0.4) is 0 Å². The van der Waals surface area contributed by atoms with Crippen LogP contribution in [0.15, 0.2) is 48.7 Å². The van der Waals surface area contributed by atoms with Crippen molar-refractivity contribution in [2.24, 2.45) is 11.8 Å². The van der Waals surface area contributed by atoms with E-state index in [0.29, 0.717) is 42.2 Å². The van der Waals surface area contributed by atoms with Crippen LogP contribution in [0, 0.1) is 18.8 Å². The number of hydrogen-bond donors (Lipinski definition) is 2. The summed E-state index contributed by atoms with van der Waals surface area (Å²) in [5, 5.41) is 14.5. The Morgan fingerprint density at radius 1 is 1.16 bits per heavy atom. The third-order valence-electron chi connectivity index (χ3n) is 11.0. The summed E-state index contributed by atoms with van der Waals surface area (Å²) in [5.74, 6) is 1.28. The lowest BCUT2D eigenvalue weighted by molar-refractivity contribution is -0.144. The number of halogens is 1. The van der Waals surface area contributed by atoms with E-state index in [2.05, 4.69) is 37.1 Å². The van der Waals surface area contributed by atoms with E-state index in [1.165, 1.54) is 35.2 Å².